The molecule has 6 heteroatoms. The number of nitrogens with one attached hydrogen (secondary N) is 2. The van der Waals surface area contributed by atoms with Gasteiger partial charge in [-0.3, -0.25) is 9.36 Å². The zero-order valence-electron chi connectivity index (χ0n) is 16.0. The third-order valence-corrected chi connectivity index (χ3v) is 5.39. The average molecular weight is 358 g/mol. The number of hydrogen-bond donors (Lipinski definition) is 3. The normalized spacial score (nSPS) is 17.7. The Balaban J connectivity index is 1.87. The van der Waals surface area contributed by atoms with E-state index < -0.39 is 5.54 Å². The molecule has 1 fully saturated rings. The molecule has 142 valence electrons. The fourth-order valence-corrected chi connectivity index (χ4v) is 4.23. The highest BCUT2D eigenvalue weighted by molar-refractivity contribution is 5.97. The smallest absolute Gasteiger partial charge is 0.326 e. The molecule has 1 saturated carbocycles. The zero-order chi connectivity index (χ0) is 18.9. The van der Waals surface area contributed by atoms with Crippen LogP contribution in [0.5, 0.6) is 0 Å². The molecule has 2 aromatic rings. The number of H-pyrrole nitrogens is 1. The SMILES string of the molecule is CC(C)CC(C)(CN)NC(=O)c1ccc2c(c1)[nH]c(=O)n2C1CCCC1. The summed E-state index contributed by atoms with van der Waals surface area (Å²) in [6.45, 7) is 6.58. The number of amides is 1. The van der Waals surface area contributed by atoms with E-state index in [1.54, 1.807) is 12.1 Å². The summed E-state index contributed by atoms with van der Waals surface area (Å²) in [5.41, 5.74) is 7.51. The average Bonchev–Trinajstić information content (AvgIpc) is 3.19. The van der Waals surface area contributed by atoms with Crippen LogP contribution < -0.4 is 16.7 Å². The summed E-state index contributed by atoms with van der Waals surface area (Å²) < 4.78 is 1.85. The van der Waals surface area contributed by atoms with E-state index in [0.29, 0.717) is 23.5 Å². The maximum atomic E-state index is 12.7. The number of nitrogens with two attached hydrogens (primary N) is 1. The molecule has 0 radical (unpaired) electrons. The van der Waals surface area contributed by atoms with Crippen molar-refractivity contribution in [2.45, 2.75) is 64.5 Å². The van der Waals surface area contributed by atoms with Crippen LogP contribution in [0.15, 0.2) is 23.0 Å². The van der Waals surface area contributed by atoms with Crippen molar-refractivity contribution in [3.63, 3.8) is 0 Å². The van der Waals surface area contributed by atoms with Crippen molar-refractivity contribution in [1.82, 2.24) is 14.9 Å². The zero-order valence-corrected chi connectivity index (χ0v) is 16.0. The summed E-state index contributed by atoms with van der Waals surface area (Å²) in [7, 11) is 0. The van der Waals surface area contributed by atoms with Gasteiger partial charge in [-0.25, -0.2) is 4.79 Å². The first-order valence-electron chi connectivity index (χ1n) is 9.60. The molecule has 1 unspecified atom stereocenters. The van der Waals surface area contributed by atoms with Crippen molar-refractivity contribution in [2.24, 2.45) is 11.7 Å². The lowest BCUT2D eigenvalue weighted by Crippen LogP contribution is -2.52. The molecular formula is C20H30N4O2. The van der Waals surface area contributed by atoms with Crippen LogP contribution in [0, 0.1) is 5.92 Å². The number of carbonyl (C=O) groups excluding carboxylic acids is 1. The van der Waals surface area contributed by atoms with Gasteiger partial charge in [-0.05, 0) is 50.3 Å². The molecule has 0 saturated heterocycles. The molecular weight excluding hydrogens is 328 g/mol. The topological polar surface area (TPSA) is 92.9 Å². The summed E-state index contributed by atoms with van der Waals surface area (Å²) in [5.74, 6) is 0.276. The Hall–Kier alpha value is -2.08. The summed E-state index contributed by atoms with van der Waals surface area (Å²) >= 11 is 0. The molecule has 1 aliphatic rings. The number of hydrogen-bond acceptors (Lipinski definition) is 3. The lowest BCUT2D eigenvalue weighted by molar-refractivity contribution is 0.0898. The maximum absolute atomic E-state index is 12.7. The van der Waals surface area contributed by atoms with Crippen LogP contribution in [0.25, 0.3) is 11.0 Å². The third kappa shape index (κ3) is 3.70. The van der Waals surface area contributed by atoms with Crippen LogP contribution in [-0.4, -0.2) is 27.5 Å². The van der Waals surface area contributed by atoms with Gasteiger partial charge in [-0.2, -0.15) is 0 Å². The highest BCUT2D eigenvalue weighted by Crippen LogP contribution is 2.30. The van der Waals surface area contributed by atoms with E-state index in [1.165, 1.54) is 0 Å². The van der Waals surface area contributed by atoms with Crippen molar-refractivity contribution in [3.8, 4) is 0 Å². The highest BCUT2D eigenvalue weighted by Gasteiger charge is 2.27. The summed E-state index contributed by atoms with van der Waals surface area (Å²) in [4.78, 5) is 28.0. The number of aromatic amines is 1. The monoisotopic (exact) mass is 358 g/mol. The van der Waals surface area contributed by atoms with Crippen LogP contribution in [0.3, 0.4) is 0 Å². The predicted molar refractivity (Wildman–Crippen MR) is 104 cm³/mol. The van der Waals surface area contributed by atoms with Gasteiger partial charge < -0.3 is 16.0 Å². The minimum absolute atomic E-state index is 0.0870. The molecule has 1 atom stereocenters. The number of carbonyl (C=O) groups is 1. The van der Waals surface area contributed by atoms with Gasteiger partial charge in [-0.15, -0.1) is 0 Å². The fraction of sp³-hybridized carbons (Fsp3) is 0.600. The molecule has 1 aromatic carbocycles. The van der Waals surface area contributed by atoms with Crippen molar-refractivity contribution >= 4 is 16.9 Å². The van der Waals surface area contributed by atoms with E-state index in [4.69, 9.17) is 5.73 Å². The molecule has 4 N–H and O–H groups in total. The second-order valence-corrected chi connectivity index (χ2v) is 8.29. The Morgan fingerprint density at radius 2 is 2.08 bits per heavy atom. The molecule has 0 aliphatic heterocycles. The molecule has 3 rings (SSSR count). The summed E-state index contributed by atoms with van der Waals surface area (Å²) in [5, 5.41) is 3.07. The largest absolute Gasteiger partial charge is 0.346 e. The van der Waals surface area contributed by atoms with Gasteiger partial charge in [0, 0.05) is 23.7 Å². The van der Waals surface area contributed by atoms with Crippen LogP contribution in [0.1, 0.15) is 69.3 Å². The van der Waals surface area contributed by atoms with E-state index in [0.717, 1.165) is 37.6 Å². The number of nitrogens with zero attached hydrogens (tertiary/aromatic N) is 1. The highest BCUT2D eigenvalue weighted by atomic mass is 16.2. The molecule has 1 amide bonds. The van der Waals surface area contributed by atoms with Gasteiger partial charge in [0.15, 0.2) is 0 Å². The van der Waals surface area contributed by atoms with Gasteiger partial charge in [0.25, 0.3) is 5.91 Å². The number of benzene rings is 1. The molecule has 1 aromatic heterocycles. The van der Waals surface area contributed by atoms with Gasteiger partial charge in [0.1, 0.15) is 0 Å². The predicted octanol–water partition coefficient (Wildman–Crippen LogP) is 2.94. The van der Waals surface area contributed by atoms with E-state index in [9.17, 15) is 9.59 Å². The van der Waals surface area contributed by atoms with Crippen LogP contribution >= 0.6 is 0 Å². The minimum Gasteiger partial charge on any atom is -0.346 e. The fourth-order valence-electron chi connectivity index (χ4n) is 4.23. The Bertz CT molecular complexity index is 845. The van der Waals surface area contributed by atoms with E-state index in [-0.39, 0.29) is 17.6 Å². The molecule has 0 bridgehead atoms. The Kier molecular flexibility index (Phi) is 5.23. The van der Waals surface area contributed by atoms with Crippen molar-refractivity contribution < 1.29 is 4.79 Å². The standard InChI is InChI=1S/C20H30N4O2/c1-13(2)11-20(3,12-21)23-18(25)14-8-9-17-16(10-14)22-19(26)24(17)15-6-4-5-7-15/h8-10,13,15H,4-7,11-12,21H2,1-3H3,(H,22,26)(H,23,25). The summed E-state index contributed by atoms with van der Waals surface area (Å²) in [6, 6.07) is 5.71. The van der Waals surface area contributed by atoms with Crippen LogP contribution in [0.4, 0.5) is 0 Å². The van der Waals surface area contributed by atoms with Crippen LogP contribution in [-0.2, 0) is 0 Å². The Morgan fingerprint density at radius 1 is 1.38 bits per heavy atom. The third-order valence-electron chi connectivity index (χ3n) is 5.39. The number of aromatic nitrogens is 2. The maximum Gasteiger partial charge on any atom is 0.326 e. The lowest BCUT2D eigenvalue weighted by atomic mass is 9.90. The first kappa shape index (κ1) is 18.7. The second-order valence-electron chi connectivity index (χ2n) is 8.29. The molecule has 1 aliphatic carbocycles. The summed E-state index contributed by atoms with van der Waals surface area (Å²) in [6.07, 6.45) is 5.22. The number of rotatable bonds is 6. The van der Waals surface area contributed by atoms with E-state index >= 15 is 0 Å². The van der Waals surface area contributed by atoms with E-state index in [1.807, 2.05) is 17.6 Å². The lowest BCUT2D eigenvalue weighted by Gasteiger charge is -2.31. The van der Waals surface area contributed by atoms with E-state index in [2.05, 4.69) is 24.1 Å². The molecule has 6 nitrogen and oxygen atoms in total. The van der Waals surface area contributed by atoms with Crippen LogP contribution in [0.2, 0.25) is 0 Å². The number of imidazole rings is 1. The van der Waals surface area contributed by atoms with Gasteiger partial charge in [-0.1, -0.05) is 26.7 Å². The molecule has 26 heavy (non-hydrogen) atoms. The molecule has 0 spiro atoms. The van der Waals surface area contributed by atoms with Crippen molar-refractivity contribution in [3.05, 3.63) is 34.2 Å². The second kappa shape index (κ2) is 7.27. The Morgan fingerprint density at radius 3 is 2.69 bits per heavy atom. The van der Waals surface area contributed by atoms with Crippen molar-refractivity contribution in [1.29, 1.82) is 0 Å². The van der Waals surface area contributed by atoms with Crippen molar-refractivity contribution in [2.75, 3.05) is 6.54 Å². The molecule has 1 heterocycles. The number of fused-ring (bicyclic) bond motifs is 1. The first-order chi connectivity index (χ1) is 12.3. The minimum atomic E-state index is -0.441. The Labute approximate surface area is 154 Å². The first-order valence-corrected chi connectivity index (χ1v) is 9.60. The quantitative estimate of drug-likeness (QED) is 0.741. The van der Waals surface area contributed by atoms with Gasteiger partial charge >= 0.3 is 5.69 Å². The van der Waals surface area contributed by atoms with Gasteiger partial charge in [0.05, 0.1) is 11.0 Å². The van der Waals surface area contributed by atoms with Gasteiger partial charge in [0.2, 0.25) is 0 Å².